The molecular formula is C12H14ClFN2O2. The van der Waals surface area contributed by atoms with Crippen LogP contribution >= 0.6 is 11.6 Å². The third-order valence-electron chi connectivity index (χ3n) is 3.33. The van der Waals surface area contributed by atoms with Gasteiger partial charge in [-0.25, -0.2) is 9.18 Å². The molecule has 0 spiro atoms. The minimum Gasteiger partial charge on any atom is -0.465 e. The lowest BCUT2D eigenvalue weighted by molar-refractivity contribution is 0.153. The number of hydrogen-bond acceptors (Lipinski definition) is 2. The number of halogens is 2. The second kappa shape index (κ2) is 5.12. The molecule has 0 aliphatic carbocycles. The van der Waals surface area contributed by atoms with Gasteiger partial charge in [0.05, 0.1) is 5.02 Å². The van der Waals surface area contributed by atoms with E-state index in [4.69, 9.17) is 22.4 Å². The number of nitrogens with zero attached hydrogens (tertiary/aromatic N) is 1. The van der Waals surface area contributed by atoms with Crippen LogP contribution in [-0.4, -0.2) is 29.2 Å². The number of rotatable bonds is 2. The highest BCUT2D eigenvalue weighted by Gasteiger charge is 2.30. The third kappa shape index (κ3) is 2.57. The predicted octanol–water partition coefficient (Wildman–Crippen LogP) is 2.48. The van der Waals surface area contributed by atoms with Crippen LogP contribution in [0.5, 0.6) is 0 Å². The monoisotopic (exact) mass is 272 g/mol. The number of carboxylic acid groups (broad SMARTS) is 1. The average Bonchev–Trinajstić information content (AvgIpc) is 2.81. The van der Waals surface area contributed by atoms with Crippen LogP contribution in [0.25, 0.3) is 0 Å². The summed E-state index contributed by atoms with van der Waals surface area (Å²) in [6.07, 6.45) is -0.218. The van der Waals surface area contributed by atoms with Crippen molar-refractivity contribution in [3.8, 4) is 0 Å². The standard InChI is InChI=1S/C12H14ClFN2O2/c13-9-5-7(1-2-10(9)14)11(15)8-3-4-16(6-8)12(17)18/h1-2,5,8,11H,3-4,6,15H2,(H,17,18). The maximum absolute atomic E-state index is 13.0. The molecule has 3 N–H and O–H groups in total. The highest BCUT2D eigenvalue weighted by Crippen LogP contribution is 2.30. The van der Waals surface area contributed by atoms with Crippen LogP contribution in [0.3, 0.4) is 0 Å². The van der Waals surface area contributed by atoms with E-state index in [1.807, 2.05) is 0 Å². The number of carbonyl (C=O) groups is 1. The van der Waals surface area contributed by atoms with Crippen molar-refractivity contribution >= 4 is 17.7 Å². The number of nitrogens with two attached hydrogens (primary N) is 1. The van der Waals surface area contributed by atoms with Crippen molar-refractivity contribution in [2.75, 3.05) is 13.1 Å². The van der Waals surface area contributed by atoms with E-state index in [0.717, 1.165) is 5.56 Å². The summed E-state index contributed by atoms with van der Waals surface area (Å²) in [6.45, 7) is 0.897. The lowest BCUT2D eigenvalue weighted by atomic mass is 9.93. The Bertz CT molecular complexity index is 469. The van der Waals surface area contributed by atoms with E-state index in [-0.39, 0.29) is 17.0 Å². The maximum atomic E-state index is 13.0. The molecule has 1 saturated heterocycles. The molecule has 0 bridgehead atoms. The second-order valence-corrected chi connectivity index (χ2v) is 4.88. The van der Waals surface area contributed by atoms with Gasteiger partial charge in [-0.15, -0.1) is 0 Å². The van der Waals surface area contributed by atoms with Crippen molar-refractivity contribution in [1.82, 2.24) is 4.90 Å². The van der Waals surface area contributed by atoms with Crippen molar-refractivity contribution in [3.63, 3.8) is 0 Å². The Kier molecular flexibility index (Phi) is 3.73. The summed E-state index contributed by atoms with van der Waals surface area (Å²) in [5.41, 5.74) is 6.82. The van der Waals surface area contributed by atoms with E-state index in [1.54, 1.807) is 6.07 Å². The smallest absolute Gasteiger partial charge is 0.407 e. The van der Waals surface area contributed by atoms with Gasteiger partial charge in [0.2, 0.25) is 0 Å². The van der Waals surface area contributed by atoms with E-state index in [2.05, 4.69) is 0 Å². The molecule has 98 valence electrons. The fraction of sp³-hybridized carbons (Fsp3) is 0.417. The van der Waals surface area contributed by atoms with Crippen LogP contribution in [0.2, 0.25) is 5.02 Å². The van der Waals surface area contributed by atoms with Crippen LogP contribution < -0.4 is 5.73 Å². The summed E-state index contributed by atoms with van der Waals surface area (Å²) in [5, 5.41) is 8.92. The topological polar surface area (TPSA) is 66.6 Å². The molecule has 2 atom stereocenters. The van der Waals surface area contributed by atoms with Gasteiger partial charge in [-0.2, -0.15) is 0 Å². The fourth-order valence-electron chi connectivity index (χ4n) is 2.25. The van der Waals surface area contributed by atoms with Gasteiger partial charge >= 0.3 is 6.09 Å². The second-order valence-electron chi connectivity index (χ2n) is 4.48. The molecule has 0 aromatic heterocycles. The molecular weight excluding hydrogens is 259 g/mol. The number of hydrogen-bond donors (Lipinski definition) is 2. The average molecular weight is 273 g/mol. The van der Waals surface area contributed by atoms with E-state index in [9.17, 15) is 9.18 Å². The summed E-state index contributed by atoms with van der Waals surface area (Å²) in [7, 11) is 0. The summed E-state index contributed by atoms with van der Waals surface area (Å²) in [6, 6.07) is 4.05. The Morgan fingerprint density at radius 3 is 2.89 bits per heavy atom. The first-order valence-corrected chi connectivity index (χ1v) is 6.05. The van der Waals surface area contributed by atoms with Gasteiger partial charge in [0.25, 0.3) is 0 Å². The molecule has 0 radical (unpaired) electrons. The zero-order valence-electron chi connectivity index (χ0n) is 9.64. The Morgan fingerprint density at radius 1 is 1.61 bits per heavy atom. The van der Waals surface area contributed by atoms with Crippen molar-refractivity contribution in [2.45, 2.75) is 12.5 Å². The van der Waals surface area contributed by atoms with Gasteiger partial charge in [-0.05, 0) is 30.0 Å². The molecule has 1 heterocycles. The van der Waals surface area contributed by atoms with Crippen LogP contribution in [0.1, 0.15) is 18.0 Å². The SMILES string of the molecule is NC(c1ccc(F)c(Cl)c1)C1CCN(C(=O)O)C1. The Balaban J connectivity index is 2.10. The summed E-state index contributed by atoms with van der Waals surface area (Å²) in [4.78, 5) is 12.2. The fourth-order valence-corrected chi connectivity index (χ4v) is 2.44. The molecule has 1 fully saturated rings. The highest BCUT2D eigenvalue weighted by molar-refractivity contribution is 6.30. The first-order valence-electron chi connectivity index (χ1n) is 5.67. The third-order valence-corrected chi connectivity index (χ3v) is 3.62. The molecule has 1 aromatic carbocycles. The molecule has 18 heavy (non-hydrogen) atoms. The molecule has 2 unspecified atom stereocenters. The van der Waals surface area contributed by atoms with Crippen LogP contribution in [0.15, 0.2) is 18.2 Å². The predicted molar refractivity (Wildman–Crippen MR) is 66.0 cm³/mol. The molecule has 2 rings (SSSR count). The van der Waals surface area contributed by atoms with E-state index in [0.29, 0.717) is 19.5 Å². The highest BCUT2D eigenvalue weighted by atomic mass is 35.5. The Hall–Kier alpha value is -1.33. The van der Waals surface area contributed by atoms with Crippen molar-refractivity contribution in [3.05, 3.63) is 34.6 Å². The van der Waals surface area contributed by atoms with Gasteiger partial charge < -0.3 is 15.7 Å². The van der Waals surface area contributed by atoms with Gasteiger partial charge in [-0.1, -0.05) is 17.7 Å². The van der Waals surface area contributed by atoms with Gasteiger partial charge in [-0.3, -0.25) is 0 Å². The molecule has 6 heteroatoms. The first-order chi connectivity index (χ1) is 8.49. The largest absolute Gasteiger partial charge is 0.465 e. The summed E-state index contributed by atoms with van der Waals surface area (Å²) >= 11 is 5.71. The van der Waals surface area contributed by atoms with Crippen LogP contribution in [-0.2, 0) is 0 Å². The maximum Gasteiger partial charge on any atom is 0.407 e. The molecule has 0 saturated carbocycles. The normalized spacial score (nSPS) is 21.1. The number of amides is 1. The van der Waals surface area contributed by atoms with E-state index < -0.39 is 11.9 Å². The summed E-state index contributed by atoms with van der Waals surface area (Å²) < 4.78 is 13.0. The van der Waals surface area contributed by atoms with E-state index >= 15 is 0 Å². The lowest BCUT2D eigenvalue weighted by Gasteiger charge is -2.20. The quantitative estimate of drug-likeness (QED) is 0.869. The number of benzene rings is 1. The zero-order valence-corrected chi connectivity index (χ0v) is 10.4. The van der Waals surface area contributed by atoms with E-state index in [1.165, 1.54) is 17.0 Å². The Morgan fingerprint density at radius 2 is 2.33 bits per heavy atom. The van der Waals surface area contributed by atoms with Gasteiger partial charge in [0, 0.05) is 19.1 Å². The Labute approximate surface area is 109 Å². The molecule has 1 aliphatic rings. The first kappa shape index (κ1) is 13.1. The van der Waals surface area contributed by atoms with Crippen LogP contribution in [0, 0.1) is 11.7 Å². The van der Waals surface area contributed by atoms with Crippen molar-refractivity contribution < 1.29 is 14.3 Å². The lowest BCUT2D eigenvalue weighted by Crippen LogP contribution is -2.29. The zero-order chi connectivity index (χ0) is 13.3. The molecule has 1 aromatic rings. The van der Waals surface area contributed by atoms with Crippen LogP contribution in [0.4, 0.5) is 9.18 Å². The molecule has 1 aliphatic heterocycles. The number of likely N-dealkylation sites (tertiary alicyclic amines) is 1. The summed E-state index contributed by atoms with van der Waals surface area (Å²) in [5.74, 6) is -0.436. The van der Waals surface area contributed by atoms with Crippen molar-refractivity contribution in [2.24, 2.45) is 11.7 Å². The minimum absolute atomic E-state index is 0.0380. The van der Waals surface area contributed by atoms with Crippen molar-refractivity contribution in [1.29, 1.82) is 0 Å². The van der Waals surface area contributed by atoms with Gasteiger partial charge in [0.1, 0.15) is 5.82 Å². The minimum atomic E-state index is -0.929. The molecule has 1 amide bonds. The van der Waals surface area contributed by atoms with Gasteiger partial charge in [0.15, 0.2) is 0 Å². The molecule has 4 nitrogen and oxygen atoms in total.